The third kappa shape index (κ3) is 6.96. The lowest BCUT2D eigenvalue weighted by Crippen LogP contribution is -2.41. The number of halogens is 5. The molecule has 2 aromatic heterocycles. The van der Waals surface area contributed by atoms with E-state index in [2.05, 4.69) is 53.6 Å². The first kappa shape index (κ1) is 23.6. The van der Waals surface area contributed by atoms with E-state index in [-0.39, 0.29) is 19.4 Å². The van der Waals surface area contributed by atoms with Crippen LogP contribution >= 0.6 is 50.1 Å². The number of pyridine rings is 1. The number of nitrogens with zero attached hydrogens (tertiary/aromatic N) is 1. The fourth-order valence-electron chi connectivity index (χ4n) is 2.37. The van der Waals surface area contributed by atoms with Gasteiger partial charge in [-0.05, 0) is 71.8 Å². The fourth-order valence-corrected chi connectivity index (χ4v) is 3.92. The Morgan fingerprint density at radius 2 is 2.14 bits per heavy atom. The Labute approximate surface area is 187 Å². The molecule has 0 saturated heterocycles. The van der Waals surface area contributed by atoms with Gasteiger partial charge < -0.3 is 19.2 Å². The van der Waals surface area contributed by atoms with Crippen LogP contribution in [0.4, 0.5) is 13.6 Å². The van der Waals surface area contributed by atoms with Crippen LogP contribution in [0.2, 0.25) is 5.15 Å². The molecule has 0 aliphatic rings. The second-order valence-electron chi connectivity index (χ2n) is 6.91. The molecular weight excluding hydrogens is 576 g/mol. The predicted octanol–water partition coefficient (Wildman–Crippen LogP) is 5.91. The Balaban J connectivity index is 2.21. The molecule has 1 atom stereocenters. The van der Waals surface area contributed by atoms with Gasteiger partial charge in [-0.2, -0.15) is 8.78 Å². The Morgan fingerprint density at radius 1 is 1.46 bits per heavy atom. The van der Waals surface area contributed by atoms with E-state index < -0.39 is 24.3 Å². The molecule has 6 nitrogen and oxygen atoms in total. The number of rotatable bonds is 7. The van der Waals surface area contributed by atoms with E-state index in [1.54, 1.807) is 26.8 Å². The minimum absolute atomic E-state index is 0.137. The number of fused-ring (bicyclic) bond motifs is 1. The summed E-state index contributed by atoms with van der Waals surface area (Å²) in [5, 5.41) is 3.00. The number of carbonyl (C=O) groups is 1. The van der Waals surface area contributed by atoms with Crippen molar-refractivity contribution in [3.8, 4) is 0 Å². The molecule has 0 fully saturated rings. The molecule has 0 spiro atoms. The van der Waals surface area contributed by atoms with Crippen molar-refractivity contribution in [3.05, 3.63) is 25.0 Å². The number of hydrogen-bond acceptors (Lipinski definition) is 5. The van der Waals surface area contributed by atoms with Crippen molar-refractivity contribution in [2.24, 2.45) is 0 Å². The summed E-state index contributed by atoms with van der Waals surface area (Å²) < 4.78 is 41.4. The van der Waals surface area contributed by atoms with E-state index in [1.165, 1.54) is 0 Å². The molecule has 2 aromatic rings. The molecule has 28 heavy (non-hydrogen) atoms. The molecule has 156 valence electrons. The molecule has 0 radical (unpaired) electrons. The van der Waals surface area contributed by atoms with E-state index in [0.29, 0.717) is 26.5 Å². The molecule has 0 bridgehead atoms. The van der Waals surface area contributed by atoms with E-state index in [0.717, 1.165) is 3.57 Å². The van der Waals surface area contributed by atoms with Crippen molar-refractivity contribution < 1.29 is 27.5 Å². The smallest absolute Gasteiger partial charge is 0.407 e. The van der Waals surface area contributed by atoms with E-state index in [1.807, 2.05) is 0 Å². The number of alkyl carbamates (subject to hydrolysis) is 1. The first-order valence-electron chi connectivity index (χ1n) is 8.28. The number of ether oxygens (including phenoxy) is 2. The molecule has 0 unspecified atom stereocenters. The van der Waals surface area contributed by atoms with Gasteiger partial charge in [-0.25, -0.2) is 9.78 Å². The van der Waals surface area contributed by atoms with Crippen molar-refractivity contribution >= 4 is 67.3 Å². The van der Waals surface area contributed by atoms with Gasteiger partial charge in [-0.1, -0.05) is 11.6 Å². The van der Waals surface area contributed by atoms with E-state index >= 15 is 0 Å². The fraction of sp³-hybridized carbons (Fsp3) is 0.529. The third-order valence-corrected chi connectivity index (χ3v) is 5.25. The zero-order valence-electron chi connectivity index (χ0n) is 15.3. The van der Waals surface area contributed by atoms with E-state index in [9.17, 15) is 13.6 Å². The average Bonchev–Trinajstić information content (AvgIpc) is 2.82. The molecule has 0 aromatic carbocycles. The lowest BCUT2D eigenvalue weighted by Gasteiger charge is -2.23. The van der Waals surface area contributed by atoms with Gasteiger partial charge in [0.05, 0.1) is 14.6 Å². The van der Waals surface area contributed by atoms with Crippen molar-refractivity contribution in [1.82, 2.24) is 10.3 Å². The van der Waals surface area contributed by atoms with Crippen LogP contribution in [-0.4, -0.2) is 35.9 Å². The van der Waals surface area contributed by atoms with Gasteiger partial charge >= 0.3 is 12.7 Å². The number of carbonyl (C=O) groups excluding carboxylic acids is 1. The summed E-state index contributed by atoms with van der Waals surface area (Å²) >= 11 is 11.5. The highest BCUT2D eigenvalue weighted by Gasteiger charge is 2.24. The van der Waals surface area contributed by atoms with Gasteiger partial charge in [0.2, 0.25) is 0 Å². The summed E-state index contributed by atoms with van der Waals surface area (Å²) in [5.74, 6) is 0.501. The molecule has 1 N–H and O–H groups in total. The van der Waals surface area contributed by atoms with Gasteiger partial charge in [-0.3, -0.25) is 0 Å². The summed E-state index contributed by atoms with van der Waals surface area (Å²) in [6, 6.07) is 1.11. The minimum atomic E-state index is -2.88. The van der Waals surface area contributed by atoms with E-state index in [4.69, 9.17) is 20.8 Å². The number of amides is 1. The summed E-state index contributed by atoms with van der Waals surface area (Å²) in [7, 11) is 0. The predicted molar refractivity (Wildman–Crippen MR) is 113 cm³/mol. The summed E-state index contributed by atoms with van der Waals surface area (Å²) in [4.78, 5) is 16.4. The summed E-state index contributed by atoms with van der Waals surface area (Å²) in [6.45, 7) is 2.07. The number of furan rings is 1. The van der Waals surface area contributed by atoms with Gasteiger partial charge in [0.1, 0.15) is 22.0 Å². The van der Waals surface area contributed by atoms with Crippen LogP contribution in [0, 0.1) is 3.57 Å². The van der Waals surface area contributed by atoms with Crippen molar-refractivity contribution in [2.75, 3.05) is 6.61 Å². The van der Waals surface area contributed by atoms with Gasteiger partial charge in [0.15, 0.2) is 5.58 Å². The maximum atomic E-state index is 12.3. The van der Waals surface area contributed by atoms with Gasteiger partial charge in [0.25, 0.3) is 0 Å². The van der Waals surface area contributed by atoms with Gasteiger partial charge in [0, 0.05) is 12.5 Å². The monoisotopic (exact) mass is 594 g/mol. The van der Waals surface area contributed by atoms with Crippen molar-refractivity contribution in [1.29, 1.82) is 0 Å². The van der Waals surface area contributed by atoms with Crippen LogP contribution in [0.25, 0.3) is 11.1 Å². The normalized spacial score (nSPS) is 13.2. The highest BCUT2D eigenvalue weighted by atomic mass is 127. The lowest BCUT2D eigenvalue weighted by atomic mass is 10.1. The maximum Gasteiger partial charge on any atom is 0.407 e. The molecule has 0 aliphatic heterocycles. The quantitative estimate of drug-likeness (QED) is 0.318. The van der Waals surface area contributed by atoms with Crippen LogP contribution in [0.5, 0.6) is 0 Å². The Bertz CT molecular complexity index is 845. The third-order valence-electron chi connectivity index (χ3n) is 3.44. The first-order valence-corrected chi connectivity index (χ1v) is 10.5. The van der Waals surface area contributed by atoms with Crippen LogP contribution in [0.15, 0.2) is 15.0 Å². The number of nitrogens with one attached hydrogen (secondary N) is 1. The highest BCUT2D eigenvalue weighted by Crippen LogP contribution is 2.34. The molecule has 0 saturated carbocycles. The average molecular weight is 596 g/mol. The molecular formula is C17H19BrClF2IN2O4. The molecule has 1 amide bonds. The summed E-state index contributed by atoms with van der Waals surface area (Å²) in [5.41, 5.74) is 0.406. The molecule has 2 rings (SSSR count). The van der Waals surface area contributed by atoms with Crippen LogP contribution in [-0.2, 0) is 15.9 Å². The maximum absolute atomic E-state index is 12.3. The van der Waals surface area contributed by atoms with Crippen LogP contribution in [0.1, 0.15) is 33.0 Å². The SMILES string of the molecule is CC(C)(C)OC(=O)N[C@@H](CCOC(F)F)Cc1oc2c(I)cc(Cl)nc2c1Br. The van der Waals surface area contributed by atoms with Gasteiger partial charge in [-0.15, -0.1) is 0 Å². The second-order valence-corrected chi connectivity index (χ2v) is 9.25. The number of alkyl halides is 2. The molecule has 0 aliphatic carbocycles. The van der Waals surface area contributed by atoms with Crippen molar-refractivity contribution in [2.45, 2.75) is 51.9 Å². The van der Waals surface area contributed by atoms with Crippen LogP contribution < -0.4 is 5.32 Å². The second kappa shape index (κ2) is 9.86. The molecule has 2 heterocycles. The van der Waals surface area contributed by atoms with Crippen molar-refractivity contribution in [3.63, 3.8) is 0 Å². The first-order chi connectivity index (χ1) is 13.0. The highest BCUT2D eigenvalue weighted by molar-refractivity contribution is 14.1. The minimum Gasteiger partial charge on any atom is -0.457 e. The zero-order chi connectivity index (χ0) is 21.1. The Hall–Kier alpha value is -0.720. The zero-order valence-corrected chi connectivity index (χ0v) is 19.8. The topological polar surface area (TPSA) is 73.6 Å². The van der Waals surface area contributed by atoms with Crippen LogP contribution in [0.3, 0.4) is 0 Å². The Morgan fingerprint density at radius 3 is 2.75 bits per heavy atom. The largest absolute Gasteiger partial charge is 0.457 e. The number of hydrogen-bond donors (Lipinski definition) is 1. The molecule has 11 heteroatoms. The standard InChI is InChI=1S/C17H19BrClF2IN2O4/c1-17(2,3)28-16(25)23-8(4-5-26-15(20)21)6-10-12(18)13-14(27-10)9(22)7-11(19)24-13/h7-8,15H,4-6H2,1-3H3,(H,23,25)/t8-/m0/s1. The number of aromatic nitrogens is 1. The Kier molecular flexibility index (Phi) is 8.29. The summed E-state index contributed by atoms with van der Waals surface area (Å²) in [6.07, 6.45) is -0.299. The lowest BCUT2D eigenvalue weighted by molar-refractivity contribution is -0.130.